The SMILES string of the molecule is CC.CC.CC.CC1COC(C)(C)O1.COCC(OC(C)C)[C@@H]1CN(C)C(=O)O1. The molecule has 0 aliphatic carbocycles. The number of nitrogens with zero attached hydrogens (tertiary/aromatic N) is 1. The Kier molecular flexibility index (Phi) is 21.6. The molecule has 7 nitrogen and oxygen atoms in total. The van der Waals surface area contributed by atoms with E-state index in [9.17, 15) is 4.79 Å². The average Bonchev–Trinajstić information content (AvgIpc) is 3.20. The van der Waals surface area contributed by atoms with Crippen molar-refractivity contribution in [2.24, 2.45) is 0 Å². The molecule has 0 aromatic heterocycles. The fourth-order valence-corrected chi connectivity index (χ4v) is 2.41. The van der Waals surface area contributed by atoms with Crippen LogP contribution in [0, 0.1) is 0 Å². The normalized spacial score (nSPS) is 22.6. The Balaban J connectivity index is -0.000000407. The van der Waals surface area contributed by atoms with Gasteiger partial charge in [-0.05, 0) is 34.6 Å². The molecular weight excluding hydrogens is 374 g/mol. The maximum atomic E-state index is 11.2. The third-order valence-corrected chi connectivity index (χ3v) is 3.36. The van der Waals surface area contributed by atoms with Gasteiger partial charge in [-0.3, -0.25) is 0 Å². The summed E-state index contributed by atoms with van der Waals surface area (Å²) in [4.78, 5) is 12.7. The summed E-state index contributed by atoms with van der Waals surface area (Å²) in [6.07, 6.45) is -0.359. The van der Waals surface area contributed by atoms with Crippen LogP contribution in [0.4, 0.5) is 4.79 Å². The minimum absolute atomic E-state index is 0.0924. The van der Waals surface area contributed by atoms with Crippen molar-refractivity contribution in [3.63, 3.8) is 0 Å². The molecule has 0 saturated carbocycles. The lowest BCUT2D eigenvalue weighted by atomic mass is 10.2. The number of rotatable bonds is 5. The molecular formula is C22H49NO6. The van der Waals surface area contributed by atoms with Gasteiger partial charge in [-0.2, -0.15) is 0 Å². The molecule has 1 amide bonds. The van der Waals surface area contributed by atoms with Crippen molar-refractivity contribution in [3.8, 4) is 0 Å². The topological polar surface area (TPSA) is 66.5 Å². The number of likely N-dealkylation sites (N-methyl/N-ethyl adjacent to an activating group) is 1. The van der Waals surface area contributed by atoms with Gasteiger partial charge in [-0.25, -0.2) is 4.79 Å². The Morgan fingerprint density at radius 1 is 1.14 bits per heavy atom. The lowest BCUT2D eigenvalue weighted by molar-refractivity contribution is -0.136. The maximum absolute atomic E-state index is 11.2. The third-order valence-electron chi connectivity index (χ3n) is 3.36. The van der Waals surface area contributed by atoms with Crippen LogP contribution in [0.15, 0.2) is 0 Å². The lowest BCUT2D eigenvalue weighted by Crippen LogP contribution is -2.37. The molecule has 29 heavy (non-hydrogen) atoms. The summed E-state index contributed by atoms with van der Waals surface area (Å²) in [5.41, 5.74) is 0. The molecule has 2 unspecified atom stereocenters. The molecule has 2 aliphatic rings. The van der Waals surface area contributed by atoms with Crippen LogP contribution < -0.4 is 0 Å². The summed E-state index contributed by atoms with van der Waals surface area (Å²) < 4.78 is 26.4. The maximum Gasteiger partial charge on any atom is 0.410 e. The van der Waals surface area contributed by atoms with Crippen LogP contribution in [-0.4, -0.2) is 75.1 Å². The molecule has 0 radical (unpaired) electrons. The standard InChI is InChI=1S/C10H19NO4.C6H12O2.3C2H6/c1-7(2)14-9(6-13-4)8-5-11(3)10(12)15-8;1-5-4-7-6(2,3)8-5;3*1-2/h7-9H,5-6H2,1-4H3;5H,4H2,1-3H3;3*1-2H3/t8-,9?;;;;/m0..../s1. The Labute approximate surface area is 180 Å². The van der Waals surface area contributed by atoms with Crippen LogP contribution >= 0.6 is 0 Å². The van der Waals surface area contributed by atoms with Gasteiger partial charge < -0.3 is 28.6 Å². The van der Waals surface area contributed by atoms with Crippen molar-refractivity contribution < 1.29 is 28.5 Å². The molecule has 2 rings (SSSR count). The van der Waals surface area contributed by atoms with E-state index >= 15 is 0 Å². The van der Waals surface area contributed by atoms with E-state index in [0.717, 1.165) is 6.61 Å². The number of hydrogen-bond acceptors (Lipinski definition) is 6. The van der Waals surface area contributed by atoms with E-state index in [-0.39, 0.29) is 36.3 Å². The summed E-state index contributed by atoms with van der Waals surface area (Å²) in [6.45, 7) is 23.5. The van der Waals surface area contributed by atoms with Crippen molar-refractivity contribution in [1.82, 2.24) is 4.90 Å². The van der Waals surface area contributed by atoms with Crippen molar-refractivity contribution in [3.05, 3.63) is 0 Å². The first-order valence-electron chi connectivity index (χ1n) is 11.0. The molecule has 0 aromatic rings. The minimum atomic E-state index is -0.334. The lowest BCUT2D eigenvalue weighted by Gasteiger charge is -2.23. The van der Waals surface area contributed by atoms with Crippen molar-refractivity contribution in [2.45, 2.75) is 106 Å². The zero-order chi connectivity index (χ0) is 23.6. The molecule has 2 aliphatic heterocycles. The first-order chi connectivity index (χ1) is 13.6. The Bertz CT molecular complexity index is 376. The highest BCUT2D eigenvalue weighted by Crippen LogP contribution is 2.21. The summed E-state index contributed by atoms with van der Waals surface area (Å²) in [5, 5.41) is 0. The van der Waals surface area contributed by atoms with Gasteiger partial charge in [-0.1, -0.05) is 41.5 Å². The number of cyclic esters (lactones) is 1. The van der Waals surface area contributed by atoms with Crippen LogP contribution in [0.3, 0.4) is 0 Å². The second kappa shape index (κ2) is 19.1. The van der Waals surface area contributed by atoms with Gasteiger partial charge in [0.1, 0.15) is 12.2 Å². The van der Waals surface area contributed by atoms with Crippen LogP contribution in [0.5, 0.6) is 0 Å². The highest BCUT2D eigenvalue weighted by atomic mass is 16.7. The van der Waals surface area contributed by atoms with Crippen LogP contribution in [0.2, 0.25) is 0 Å². The molecule has 2 fully saturated rings. The molecule has 3 atom stereocenters. The molecule has 0 bridgehead atoms. The quantitative estimate of drug-likeness (QED) is 0.612. The van der Waals surface area contributed by atoms with E-state index in [0.29, 0.717) is 13.2 Å². The number of carbonyl (C=O) groups excluding carboxylic acids is 1. The number of ether oxygens (including phenoxy) is 5. The Hall–Kier alpha value is -0.890. The second-order valence-electron chi connectivity index (χ2n) is 6.62. The van der Waals surface area contributed by atoms with Gasteiger partial charge in [-0.15, -0.1) is 0 Å². The summed E-state index contributed by atoms with van der Waals surface area (Å²) in [7, 11) is 3.32. The predicted molar refractivity (Wildman–Crippen MR) is 119 cm³/mol. The van der Waals surface area contributed by atoms with Gasteiger partial charge in [0, 0.05) is 14.2 Å². The van der Waals surface area contributed by atoms with Gasteiger partial charge in [0.25, 0.3) is 0 Å². The number of methoxy groups -OCH3 is 1. The monoisotopic (exact) mass is 423 g/mol. The molecule has 0 spiro atoms. The Morgan fingerprint density at radius 3 is 1.90 bits per heavy atom. The number of hydrogen-bond donors (Lipinski definition) is 0. The zero-order valence-electron chi connectivity index (χ0n) is 21.3. The largest absolute Gasteiger partial charge is 0.441 e. The summed E-state index contributed by atoms with van der Waals surface area (Å²) in [6, 6.07) is 0. The third kappa shape index (κ3) is 15.6. The molecule has 0 aromatic carbocycles. The number of carbonyl (C=O) groups is 1. The van der Waals surface area contributed by atoms with Crippen molar-refractivity contribution in [1.29, 1.82) is 0 Å². The van der Waals surface area contributed by atoms with Crippen molar-refractivity contribution >= 4 is 6.09 Å². The average molecular weight is 424 g/mol. The molecule has 2 heterocycles. The predicted octanol–water partition coefficient (Wildman–Crippen LogP) is 5.11. The second-order valence-corrected chi connectivity index (χ2v) is 6.62. The molecule has 2 saturated heterocycles. The van der Waals surface area contributed by atoms with Crippen molar-refractivity contribution in [2.75, 3.05) is 33.9 Å². The van der Waals surface area contributed by atoms with E-state index in [1.54, 1.807) is 14.2 Å². The summed E-state index contributed by atoms with van der Waals surface area (Å²) in [5.74, 6) is -0.334. The van der Waals surface area contributed by atoms with Crippen LogP contribution in [0.1, 0.15) is 76.2 Å². The van der Waals surface area contributed by atoms with Gasteiger partial charge >= 0.3 is 6.09 Å². The first-order valence-corrected chi connectivity index (χ1v) is 11.0. The molecule has 7 heteroatoms. The van der Waals surface area contributed by atoms with E-state index in [4.69, 9.17) is 23.7 Å². The zero-order valence-corrected chi connectivity index (χ0v) is 21.3. The first kappa shape index (κ1) is 32.8. The van der Waals surface area contributed by atoms with Crippen LogP contribution in [-0.2, 0) is 23.7 Å². The molecule has 0 N–H and O–H groups in total. The van der Waals surface area contributed by atoms with Gasteiger partial charge in [0.2, 0.25) is 0 Å². The van der Waals surface area contributed by atoms with E-state index in [1.807, 2.05) is 76.2 Å². The van der Waals surface area contributed by atoms with Gasteiger partial charge in [0.05, 0.1) is 32.0 Å². The van der Waals surface area contributed by atoms with Crippen LogP contribution in [0.25, 0.3) is 0 Å². The minimum Gasteiger partial charge on any atom is -0.441 e. The number of amides is 1. The van der Waals surface area contributed by atoms with E-state index in [2.05, 4.69) is 0 Å². The Morgan fingerprint density at radius 2 is 1.66 bits per heavy atom. The fraction of sp³-hybridized carbons (Fsp3) is 0.955. The summed E-state index contributed by atoms with van der Waals surface area (Å²) >= 11 is 0. The van der Waals surface area contributed by atoms with E-state index in [1.165, 1.54) is 4.90 Å². The fourth-order valence-electron chi connectivity index (χ4n) is 2.41. The smallest absolute Gasteiger partial charge is 0.410 e. The highest BCUT2D eigenvalue weighted by molar-refractivity contribution is 5.69. The highest BCUT2D eigenvalue weighted by Gasteiger charge is 2.35. The van der Waals surface area contributed by atoms with E-state index < -0.39 is 0 Å². The van der Waals surface area contributed by atoms with Gasteiger partial charge in [0.15, 0.2) is 5.79 Å². The molecule has 178 valence electrons.